The first-order valence-corrected chi connectivity index (χ1v) is 8.11. The summed E-state index contributed by atoms with van der Waals surface area (Å²) in [6.07, 6.45) is 1.60. The van der Waals surface area contributed by atoms with Crippen molar-refractivity contribution >= 4 is 23.3 Å². The zero-order valence-electron chi connectivity index (χ0n) is 14.0. The number of carbonyl (C=O) groups excluding carboxylic acids is 4. The highest BCUT2D eigenvalue weighted by atomic mass is 16.2. The Bertz CT molecular complexity index is 783. The van der Waals surface area contributed by atoms with E-state index in [0.29, 0.717) is 12.2 Å². The predicted molar refractivity (Wildman–Crippen MR) is 87.5 cm³/mol. The van der Waals surface area contributed by atoms with Gasteiger partial charge in [-0.1, -0.05) is 37.6 Å². The highest BCUT2D eigenvalue weighted by Gasteiger charge is 2.66. The van der Waals surface area contributed by atoms with Crippen molar-refractivity contribution in [2.24, 2.45) is 5.41 Å². The van der Waals surface area contributed by atoms with Gasteiger partial charge in [-0.05, 0) is 20.3 Å². The second kappa shape index (κ2) is 5.51. The van der Waals surface area contributed by atoms with Crippen LogP contribution in [0.1, 0.15) is 54.3 Å². The molecular weight excluding hydrogens is 306 g/mol. The van der Waals surface area contributed by atoms with Crippen molar-refractivity contribution in [3.8, 4) is 0 Å². The van der Waals surface area contributed by atoms with Crippen LogP contribution in [0.2, 0.25) is 0 Å². The number of unbranched alkanes of at least 4 members (excludes halogenated alkanes) is 1. The summed E-state index contributed by atoms with van der Waals surface area (Å²) in [7, 11) is 0. The van der Waals surface area contributed by atoms with Gasteiger partial charge in [-0.15, -0.1) is 0 Å². The molecule has 0 N–H and O–H groups in total. The Morgan fingerprint density at radius 2 is 1.62 bits per heavy atom. The van der Waals surface area contributed by atoms with Crippen LogP contribution in [0.15, 0.2) is 35.5 Å². The number of ketones is 3. The average Bonchev–Trinajstić information content (AvgIpc) is 2.92. The van der Waals surface area contributed by atoms with Crippen molar-refractivity contribution in [3.05, 3.63) is 46.7 Å². The molecule has 3 rings (SSSR count). The normalized spacial score (nSPS) is 18.8. The quantitative estimate of drug-likeness (QED) is 0.798. The molecule has 1 spiro atoms. The number of hydrogen-bond donors (Lipinski definition) is 0. The van der Waals surface area contributed by atoms with Gasteiger partial charge < -0.3 is 4.90 Å². The Labute approximate surface area is 140 Å². The molecule has 1 amide bonds. The average molecular weight is 325 g/mol. The number of hydrogen-bond acceptors (Lipinski definition) is 4. The predicted octanol–water partition coefficient (Wildman–Crippen LogP) is 2.56. The lowest BCUT2D eigenvalue weighted by molar-refractivity contribution is -0.132. The van der Waals surface area contributed by atoms with Gasteiger partial charge in [0.1, 0.15) is 0 Å². The smallest absolute Gasteiger partial charge is 0.253 e. The lowest BCUT2D eigenvalue weighted by Crippen LogP contribution is -2.46. The van der Waals surface area contributed by atoms with Gasteiger partial charge in [-0.25, -0.2) is 0 Å². The van der Waals surface area contributed by atoms with Crippen LogP contribution in [0.25, 0.3) is 0 Å². The van der Waals surface area contributed by atoms with E-state index in [1.54, 1.807) is 31.2 Å². The first-order valence-electron chi connectivity index (χ1n) is 8.11. The van der Waals surface area contributed by atoms with Crippen LogP contribution in [0.3, 0.4) is 0 Å². The van der Waals surface area contributed by atoms with E-state index in [0.717, 1.165) is 12.8 Å². The number of rotatable bonds is 4. The van der Waals surface area contributed by atoms with Crippen LogP contribution in [0.5, 0.6) is 0 Å². The molecule has 5 heteroatoms. The molecule has 0 fully saturated rings. The highest BCUT2D eigenvalue weighted by molar-refractivity contribution is 6.44. The number of allylic oxidation sites excluding steroid dienone is 1. The molecule has 0 saturated carbocycles. The molecule has 5 nitrogen and oxygen atoms in total. The lowest BCUT2D eigenvalue weighted by atomic mass is 9.74. The number of Topliss-reactive ketones (excluding diaryl/α,β-unsaturated/α-hetero) is 3. The Morgan fingerprint density at radius 1 is 1.08 bits per heavy atom. The van der Waals surface area contributed by atoms with Crippen molar-refractivity contribution in [3.63, 3.8) is 0 Å². The van der Waals surface area contributed by atoms with Gasteiger partial charge in [0.15, 0.2) is 17.3 Å². The van der Waals surface area contributed by atoms with Gasteiger partial charge in [-0.2, -0.15) is 0 Å². The SMILES string of the molecule is CCCCN1C(=O)C2(C(=O)c3ccccc3C2=O)C(C(C)=O)=C1C. The van der Waals surface area contributed by atoms with Gasteiger partial charge in [0, 0.05) is 28.9 Å². The summed E-state index contributed by atoms with van der Waals surface area (Å²) in [5, 5.41) is 0. The maximum atomic E-state index is 13.1. The van der Waals surface area contributed by atoms with Crippen molar-refractivity contribution in [1.82, 2.24) is 4.90 Å². The molecule has 0 saturated heterocycles. The second-order valence-corrected chi connectivity index (χ2v) is 6.28. The van der Waals surface area contributed by atoms with E-state index in [4.69, 9.17) is 0 Å². The van der Waals surface area contributed by atoms with Crippen molar-refractivity contribution in [2.45, 2.75) is 33.6 Å². The van der Waals surface area contributed by atoms with Crippen molar-refractivity contribution in [2.75, 3.05) is 6.54 Å². The van der Waals surface area contributed by atoms with Crippen LogP contribution < -0.4 is 0 Å². The van der Waals surface area contributed by atoms with E-state index in [2.05, 4.69) is 0 Å². The Hall–Kier alpha value is -2.56. The van der Waals surface area contributed by atoms with E-state index >= 15 is 0 Å². The summed E-state index contributed by atoms with van der Waals surface area (Å²) in [6.45, 7) is 5.34. The molecule has 0 aromatic heterocycles. The fourth-order valence-electron chi connectivity index (χ4n) is 3.78. The molecule has 124 valence electrons. The zero-order chi connectivity index (χ0) is 17.6. The number of amides is 1. The van der Waals surface area contributed by atoms with E-state index < -0.39 is 28.7 Å². The molecule has 0 unspecified atom stereocenters. The minimum atomic E-state index is -2.01. The van der Waals surface area contributed by atoms with Crippen molar-refractivity contribution in [1.29, 1.82) is 0 Å². The maximum Gasteiger partial charge on any atom is 0.253 e. The summed E-state index contributed by atoms with van der Waals surface area (Å²) in [5.41, 5.74) is -1.10. The third-order valence-electron chi connectivity index (χ3n) is 4.89. The fraction of sp³-hybridized carbons (Fsp3) is 0.368. The van der Waals surface area contributed by atoms with Crippen LogP contribution >= 0.6 is 0 Å². The van der Waals surface area contributed by atoms with Gasteiger partial charge >= 0.3 is 0 Å². The monoisotopic (exact) mass is 325 g/mol. The van der Waals surface area contributed by atoms with E-state index in [1.807, 2.05) is 6.92 Å². The molecule has 24 heavy (non-hydrogen) atoms. The minimum Gasteiger partial charge on any atom is -0.314 e. The second-order valence-electron chi connectivity index (χ2n) is 6.28. The number of carbonyl (C=O) groups is 4. The van der Waals surface area contributed by atoms with Gasteiger partial charge in [-0.3, -0.25) is 19.2 Å². The van der Waals surface area contributed by atoms with Gasteiger partial charge in [0.25, 0.3) is 5.91 Å². The van der Waals surface area contributed by atoms with Crippen LogP contribution in [-0.2, 0) is 9.59 Å². The third kappa shape index (κ3) is 1.81. The molecule has 0 atom stereocenters. The molecule has 1 heterocycles. The van der Waals surface area contributed by atoms with Crippen LogP contribution in [0.4, 0.5) is 0 Å². The van der Waals surface area contributed by atoms with Gasteiger partial charge in [0.2, 0.25) is 5.41 Å². The van der Waals surface area contributed by atoms with Crippen LogP contribution in [0, 0.1) is 5.41 Å². The molecule has 1 aliphatic carbocycles. The number of fused-ring (bicyclic) bond motifs is 1. The molecule has 1 aliphatic heterocycles. The van der Waals surface area contributed by atoms with E-state index in [9.17, 15) is 19.2 Å². The Kier molecular flexibility index (Phi) is 3.74. The van der Waals surface area contributed by atoms with E-state index in [-0.39, 0.29) is 16.7 Å². The standard InChI is InChI=1S/C19H19NO4/c1-4-5-10-20-11(2)15(12(3)21)19(18(20)24)16(22)13-8-6-7-9-14(13)17(19)23/h6-9H,4-5,10H2,1-3H3. The molecule has 2 aliphatic rings. The first-order chi connectivity index (χ1) is 11.4. The third-order valence-corrected chi connectivity index (χ3v) is 4.89. The summed E-state index contributed by atoms with van der Waals surface area (Å²) < 4.78 is 0. The highest BCUT2D eigenvalue weighted by Crippen LogP contribution is 2.49. The lowest BCUT2D eigenvalue weighted by Gasteiger charge is -2.23. The zero-order valence-corrected chi connectivity index (χ0v) is 14.0. The molecule has 1 aromatic rings. The molecule has 1 aromatic carbocycles. The molecule has 0 bridgehead atoms. The summed E-state index contributed by atoms with van der Waals surface area (Å²) >= 11 is 0. The van der Waals surface area contributed by atoms with E-state index in [1.165, 1.54) is 11.8 Å². The summed E-state index contributed by atoms with van der Waals surface area (Å²) in [5.74, 6) is -2.13. The summed E-state index contributed by atoms with van der Waals surface area (Å²) in [6, 6.07) is 6.39. The van der Waals surface area contributed by atoms with Crippen molar-refractivity contribution < 1.29 is 19.2 Å². The topological polar surface area (TPSA) is 71.5 Å². The minimum absolute atomic E-state index is 0.0369. The first kappa shape index (κ1) is 16.3. The molecule has 0 radical (unpaired) electrons. The Morgan fingerprint density at radius 3 is 2.08 bits per heavy atom. The summed E-state index contributed by atoms with van der Waals surface area (Å²) in [4.78, 5) is 53.0. The van der Waals surface area contributed by atoms with Gasteiger partial charge in [0.05, 0.1) is 0 Å². The Balaban J connectivity index is 2.24. The van der Waals surface area contributed by atoms with Crippen LogP contribution in [-0.4, -0.2) is 34.7 Å². The fourth-order valence-corrected chi connectivity index (χ4v) is 3.78. The largest absolute Gasteiger partial charge is 0.314 e. The number of nitrogens with zero attached hydrogens (tertiary/aromatic N) is 1. The maximum absolute atomic E-state index is 13.1. The number of benzene rings is 1. The molecular formula is C19H19NO4.